The van der Waals surface area contributed by atoms with E-state index in [2.05, 4.69) is 0 Å². The molecule has 0 radical (unpaired) electrons. The highest BCUT2D eigenvalue weighted by atomic mass is 32.2. The van der Waals surface area contributed by atoms with Gasteiger partial charge in [0.25, 0.3) is 0 Å². The van der Waals surface area contributed by atoms with Crippen LogP contribution in [0.4, 0.5) is 0 Å². The molecule has 0 spiro atoms. The van der Waals surface area contributed by atoms with E-state index in [-0.39, 0.29) is 21.3 Å². The number of hydrogen-bond acceptors (Lipinski definition) is 5. The van der Waals surface area contributed by atoms with Gasteiger partial charge in [-0.3, -0.25) is 0 Å². The molecule has 0 bridgehead atoms. The van der Waals surface area contributed by atoms with Gasteiger partial charge in [0.05, 0.1) is 26.2 Å². The van der Waals surface area contributed by atoms with E-state index in [1.807, 2.05) is 0 Å². The minimum atomic E-state index is -3.70. The van der Waals surface area contributed by atoms with Gasteiger partial charge in [0.2, 0.25) is 15.6 Å². The molecule has 0 amide bonds. The first-order valence-corrected chi connectivity index (χ1v) is 7.63. The van der Waals surface area contributed by atoms with Crippen LogP contribution in [0, 0.1) is 0 Å². The summed E-state index contributed by atoms with van der Waals surface area (Å²) in [6, 6.07) is 11.1. The molecular weight excluding hydrogens is 292 g/mol. The Bertz CT molecular complexity index is 723. The van der Waals surface area contributed by atoms with Gasteiger partial charge in [0.15, 0.2) is 11.5 Å². The van der Waals surface area contributed by atoms with E-state index in [4.69, 9.17) is 14.2 Å². The lowest BCUT2D eigenvalue weighted by Gasteiger charge is -2.15. The second kappa shape index (κ2) is 6.05. The fourth-order valence-corrected chi connectivity index (χ4v) is 3.45. The summed E-state index contributed by atoms with van der Waals surface area (Å²) in [4.78, 5) is 0.226. The van der Waals surface area contributed by atoms with Crippen LogP contribution in [0.15, 0.2) is 52.3 Å². The first kappa shape index (κ1) is 15.2. The van der Waals surface area contributed by atoms with E-state index in [9.17, 15) is 8.42 Å². The van der Waals surface area contributed by atoms with Gasteiger partial charge in [0, 0.05) is 0 Å². The van der Waals surface area contributed by atoms with Crippen molar-refractivity contribution >= 4 is 9.84 Å². The summed E-state index contributed by atoms with van der Waals surface area (Å²) in [5.74, 6) is 0.777. The summed E-state index contributed by atoms with van der Waals surface area (Å²) >= 11 is 0. The van der Waals surface area contributed by atoms with Crippen molar-refractivity contribution in [3.8, 4) is 17.2 Å². The van der Waals surface area contributed by atoms with E-state index in [0.29, 0.717) is 5.75 Å². The second-order valence-electron chi connectivity index (χ2n) is 4.15. The minimum Gasteiger partial charge on any atom is -0.493 e. The lowest BCUT2D eigenvalue weighted by Crippen LogP contribution is -2.06. The predicted octanol–water partition coefficient (Wildman–Crippen LogP) is 2.55. The van der Waals surface area contributed by atoms with Crippen LogP contribution in [0.1, 0.15) is 0 Å². The maximum Gasteiger partial charge on any atom is 0.210 e. The topological polar surface area (TPSA) is 61.8 Å². The third kappa shape index (κ3) is 2.67. The molecule has 5 nitrogen and oxygen atoms in total. The summed E-state index contributed by atoms with van der Waals surface area (Å²) in [6.45, 7) is 0. The van der Waals surface area contributed by atoms with Crippen LogP contribution < -0.4 is 14.2 Å². The molecule has 0 aliphatic heterocycles. The smallest absolute Gasteiger partial charge is 0.210 e. The molecule has 6 heteroatoms. The Morgan fingerprint density at radius 3 is 1.90 bits per heavy atom. The third-order valence-corrected chi connectivity index (χ3v) is 4.80. The van der Waals surface area contributed by atoms with Crippen molar-refractivity contribution in [2.24, 2.45) is 0 Å². The maximum atomic E-state index is 12.7. The minimum absolute atomic E-state index is 0.0360. The van der Waals surface area contributed by atoms with Gasteiger partial charge in [0.1, 0.15) is 4.90 Å². The number of methoxy groups -OCH3 is 3. The molecule has 0 fully saturated rings. The number of rotatable bonds is 5. The van der Waals surface area contributed by atoms with Crippen LogP contribution in [0.25, 0.3) is 0 Å². The number of benzene rings is 2. The molecule has 0 heterocycles. The predicted molar refractivity (Wildman–Crippen MR) is 78.0 cm³/mol. The molecule has 0 saturated carbocycles. The summed E-state index contributed by atoms with van der Waals surface area (Å²) in [6.07, 6.45) is 0. The summed E-state index contributed by atoms with van der Waals surface area (Å²) in [5, 5.41) is 0. The van der Waals surface area contributed by atoms with Crippen LogP contribution in [0.2, 0.25) is 0 Å². The van der Waals surface area contributed by atoms with Gasteiger partial charge >= 0.3 is 0 Å². The van der Waals surface area contributed by atoms with Crippen LogP contribution in [0.5, 0.6) is 17.2 Å². The Morgan fingerprint density at radius 1 is 0.762 bits per heavy atom. The molecule has 2 aromatic rings. The number of hydrogen-bond donors (Lipinski definition) is 0. The molecule has 0 saturated heterocycles. The van der Waals surface area contributed by atoms with Crippen LogP contribution in [-0.4, -0.2) is 29.7 Å². The highest BCUT2D eigenvalue weighted by Gasteiger charge is 2.26. The van der Waals surface area contributed by atoms with Gasteiger partial charge in [-0.25, -0.2) is 8.42 Å². The lowest BCUT2D eigenvalue weighted by molar-refractivity contribution is 0.318. The van der Waals surface area contributed by atoms with Gasteiger partial charge in [-0.1, -0.05) is 18.2 Å². The standard InChI is InChI=1S/C15H16O5S/c1-18-12-9-10-13(15(20-3)14(12)19-2)21(16,17)11-7-5-4-6-8-11/h4-10H,1-3H3. The van der Waals surface area contributed by atoms with Gasteiger partial charge in [-0.2, -0.15) is 0 Å². The Hall–Kier alpha value is -2.21. The van der Waals surface area contributed by atoms with Crippen molar-refractivity contribution in [3.05, 3.63) is 42.5 Å². The summed E-state index contributed by atoms with van der Waals surface area (Å²) in [7, 11) is 0.595. The zero-order valence-corrected chi connectivity index (χ0v) is 12.8. The maximum absolute atomic E-state index is 12.7. The van der Waals surface area contributed by atoms with E-state index in [1.54, 1.807) is 18.2 Å². The quantitative estimate of drug-likeness (QED) is 0.849. The molecule has 0 aromatic heterocycles. The van der Waals surface area contributed by atoms with E-state index >= 15 is 0 Å². The fourth-order valence-electron chi connectivity index (χ4n) is 2.01. The second-order valence-corrected chi connectivity index (χ2v) is 6.07. The van der Waals surface area contributed by atoms with E-state index in [1.165, 1.54) is 45.6 Å². The van der Waals surface area contributed by atoms with E-state index in [0.717, 1.165) is 0 Å². The Balaban J connectivity index is 2.70. The zero-order chi connectivity index (χ0) is 15.5. The molecule has 2 rings (SSSR count). The molecule has 0 atom stereocenters. The first-order valence-electron chi connectivity index (χ1n) is 6.15. The monoisotopic (exact) mass is 308 g/mol. The fraction of sp³-hybridized carbons (Fsp3) is 0.200. The molecule has 21 heavy (non-hydrogen) atoms. The molecule has 0 N–H and O–H groups in total. The largest absolute Gasteiger partial charge is 0.493 e. The summed E-state index contributed by atoms with van der Waals surface area (Å²) in [5.41, 5.74) is 0. The number of sulfone groups is 1. The first-order chi connectivity index (χ1) is 10.1. The third-order valence-electron chi connectivity index (χ3n) is 3.01. The molecule has 2 aromatic carbocycles. The normalized spacial score (nSPS) is 11.0. The summed E-state index contributed by atoms with van der Waals surface area (Å²) < 4.78 is 41.0. The van der Waals surface area contributed by atoms with Crippen molar-refractivity contribution in [2.75, 3.05) is 21.3 Å². The van der Waals surface area contributed by atoms with Crippen molar-refractivity contribution < 1.29 is 22.6 Å². The van der Waals surface area contributed by atoms with Crippen molar-refractivity contribution in [3.63, 3.8) is 0 Å². The molecular formula is C15H16O5S. The van der Waals surface area contributed by atoms with E-state index < -0.39 is 9.84 Å². The Labute approximate surface area is 124 Å². The van der Waals surface area contributed by atoms with Crippen molar-refractivity contribution in [1.82, 2.24) is 0 Å². The van der Waals surface area contributed by atoms with Gasteiger partial charge in [-0.05, 0) is 24.3 Å². The highest BCUT2D eigenvalue weighted by Crippen LogP contribution is 2.43. The average Bonchev–Trinajstić information content (AvgIpc) is 2.53. The van der Waals surface area contributed by atoms with Crippen molar-refractivity contribution in [2.45, 2.75) is 9.79 Å². The molecule has 0 aliphatic carbocycles. The van der Waals surface area contributed by atoms with Gasteiger partial charge < -0.3 is 14.2 Å². The number of ether oxygens (including phenoxy) is 3. The zero-order valence-electron chi connectivity index (χ0n) is 12.0. The molecule has 0 unspecified atom stereocenters. The molecule has 112 valence electrons. The Morgan fingerprint density at radius 2 is 1.38 bits per heavy atom. The average molecular weight is 308 g/mol. The lowest BCUT2D eigenvalue weighted by atomic mass is 10.3. The van der Waals surface area contributed by atoms with Crippen LogP contribution in [-0.2, 0) is 9.84 Å². The van der Waals surface area contributed by atoms with Crippen molar-refractivity contribution in [1.29, 1.82) is 0 Å². The van der Waals surface area contributed by atoms with Crippen LogP contribution >= 0.6 is 0 Å². The van der Waals surface area contributed by atoms with Gasteiger partial charge in [-0.15, -0.1) is 0 Å². The molecule has 0 aliphatic rings. The van der Waals surface area contributed by atoms with Crippen LogP contribution in [0.3, 0.4) is 0 Å². The highest BCUT2D eigenvalue weighted by molar-refractivity contribution is 7.91. The Kier molecular flexibility index (Phi) is 4.37. The SMILES string of the molecule is COc1ccc(S(=O)(=O)c2ccccc2)c(OC)c1OC.